The van der Waals surface area contributed by atoms with E-state index in [-0.39, 0.29) is 37.8 Å². The van der Waals surface area contributed by atoms with Crippen LogP contribution in [0.5, 0.6) is 0 Å². The third-order valence-electron chi connectivity index (χ3n) is 6.41. The number of aromatic nitrogens is 3. The largest absolute Gasteiger partial charge is 2.00 e. The Morgan fingerprint density at radius 3 is 1.18 bits per heavy atom. The van der Waals surface area contributed by atoms with E-state index in [1.54, 1.807) is 36.7 Å². The molecule has 0 atom stereocenters. The molecule has 6 rings (SSSR count). The first kappa shape index (κ1) is 42.4. The normalized spacial score (nSPS) is 10.3. The van der Waals surface area contributed by atoms with Crippen LogP contribution in [0.3, 0.4) is 0 Å². The molecule has 5 N–H and O–H groups in total. The summed E-state index contributed by atoms with van der Waals surface area (Å²) in [5.41, 5.74) is 7.51. The Hall–Kier alpha value is -4.63. The first-order valence-corrected chi connectivity index (χ1v) is 16.7. The molecule has 49 heavy (non-hydrogen) atoms. The van der Waals surface area contributed by atoms with Gasteiger partial charge in [-0.15, -0.1) is 0 Å². The molecule has 0 aliphatic rings. The van der Waals surface area contributed by atoms with Crippen LogP contribution in [-0.4, -0.2) is 46.4 Å². The van der Waals surface area contributed by atoms with Crippen LogP contribution in [0.2, 0.25) is 0 Å². The average Bonchev–Trinajstić information content (AvgIpc) is 3.06. The molecule has 0 saturated carbocycles. The quantitative estimate of drug-likeness (QED) is 0.132. The molecule has 0 spiro atoms. The van der Waals surface area contributed by atoms with Gasteiger partial charge in [-0.3, -0.25) is 9.97 Å². The zero-order valence-corrected chi connectivity index (χ0v) is 28.8. The second-order valence-corrected chi connectivity index (χ2v) is 12.7. The van der Waals surface area contributed by atoms with E-state index in [2.05, 4.69) is 34.2 Å². The van der Waals surface area contributed by atoms with Gasteiger partial charge in [0.2, 0.25) is 0 Å². The summed E-state index contributed by atoms with van der Waals surface area (Å²) in [5.74, 6) is 0. The van der Waals surface area contributed by atoms with Crippen LogP contribution < -0.4 is 0 Å². The molecule has 1 radical (unpaired) electrons. The monoisotopic (exact) mass is 751 g/mol. The van der Waals surface area contributed by atoms with E-state index < -0.39 is 20.2 Å². The molecule has 0 saturated heterocycles. The number of nitrogens with zero attached hydrogens (tertiary/aromatic N) is 3. The van der Waals surface area contributed by atoms with E-state index >= 15 is 0 Å². The molecule has 0 fully saturated rings. The van der Waals surface area contributed by atoms with Gasteiger partial charge in [0.25, 0.3) is 0 Å². The summed E-state index contributed by atoms with van der Waals surface area (Å²) < 4.78 is 62.3. The van der Waals surface area contributed by atoms with Gasteiger partial charge in [0, 0.05) is 12.4 Å². The fourth-order valence-electron chi connectivity index (χ4n) is 4.03. The Morgan fingerprint density at radius 1 is 0.490 bits per heavy atom. The third-order valence-corrected chi connectivity index (χ3v) is 8.11. The van der Waals surface area contributed by atoms with Crippen LogP contribution in [0, 0.1) is 13.8 Å². The van der Waals surface area contributed by atoms with Gasteiger partial charge < -0.3 is 20.1 Å². The molecule has 0 aliphatic heterocycles. The summed E-state index contributed by atoms with van der Waals surface area (Å²) in [6.45, 7) is 3.64. The summed E-state index contributed by atoms with van der Waals surface area (Å²) in [6.07, 6.45) is 3.57. The van der Waals surface area contributed by atoms with Crippen LogP contribution in [0.4, 0.5) is 0 Å². The zero-order chi connectivity index (χ0) is 33.2. The van der Waals surface area contributed by atoms with E-state index in [9.17, 15) is 25.9 Å². The van der Waals surface area contributed by atoms with Crippen molar-refractivity contribution in [1.82, 2.24) is 15.0 Å². The summed E-state index contributed by atoms with van der Waals surface area (Å²) in [6, 6.07) is 37.7. The van der Waals surface area contributed by atoms with Crippen molar-refractivity contribution in [3.05, 3.63) is 151 Å². The van der Waals surface area contributed by atoms with Crippen molar-refractivity contribution >= 4 is 20.2 Å². The van der Waals surface area contributed by atoms with Gasteiger partial charge in [-0.25, -0.2) is 21.8 Å². The van der Waals surface area contributed by atoms with E-state index in [1.165, 1.54) is 24.3 Å². The molecule has 0 unspecified atom stereocenters. The maximum atomic E-state index is 10.4. The SMILES string of the molecule is Cc1ccc(S(=O)(=O)[O-])cc1.Cc1ccc(S(=O)(=O)[O-])cc1.O.[Cu+2].[OH3+].c1ccc(-c2cc(-c3ccccn3)nc(-c3ccccn3)c2)cc1. The fourth-order valence-corrected chi connectivity index (χ4v) is 4.97. The average molecular weight is 752 g/mol. The molecule has 0 aliphatic carbocycles. The van der Waals surface area contributed by atoms with Crippen LogP contribution in [-0.2, 0) is 42.8 Å². The number of benzene rings is 3. The first-order chi connectivity index (χ1) is 21.9. The predicted octanol–water partition coefficient (Wildman–Crippen LogP) is 4.92. The van der Waals surface area contributed by atoms with Gasteiger partial charge in [-0.1, -0.05) is 77.9 Å². The van der Waals surface area contributed by atoms with Gasteiger partial charge in [0.15, 0.2) is 0 Å². The van der Waals surface area contributed by atoms with Crippen molar-refractivity contribution < 1.29 is 54.0 Å². The van der Waals surface area contributed by atoms with Gasteiger partial charge in [0.1, 0.15) is 20.2 Å². The molecule has 259 valence electrons. The Kier molecular flexibility index (Phi) is 16.8. The number of aryl methyl sites for hydroxylation is 2. The molecule has 0 bridgehead atoms. The van der Waals surface area contributed by atoms with Crippen molar-refractivity contribution in [1.29, 1.82) is 0 Å². The van der Waals surface area contributed by atoms with Gasteiger partial charge in [-0.2, -0.15) is 0 Å². The smallest absolute Gasteiger partial charge is 0.744 e. The van der Waals surface area contributed by atoms with E-state index in [0.29, 0.717) is 0 Å². The van der Waals surface area contributed by atoms with Crippen molar-refractivity contribution in [3.8, 4) is 33.9 Å². The zero-order valence-electron chi connectivity index (χ0n) is 26.3. The number of hydrogen-bond donors (Lipinski definition) is 0. The Morgan fingerprint density at radius 2 is 0.857 bits per heavy atom. The molecule has 3 aromatic heterocycles. The number of rotatable bonds is 5. The van der Waals surface area contributed by atoms with Crippen molar-refractivity contribution in [2.24, 2.45) is 0 Å². The van der Waals surface area contributed by atoms with Crippen molar-refractivity contribution in [2.45, 2.75) is 23.6 Å². The summed E-state index contributed by atoms with van der Waals surface area (Å²) in [7, 11) is -8.54. The Bertz CT molecular complexity index is 1880. The molecular formula is C35H34CuN3O8S2+. The van der Waals surface area contributed by atoms with Crippen LogP contribution in [0.15, 0.2) is 150 Å². The predicted molar refractivity (Wildman–Crippen MR) is 183 cm³/mol. The Labute approximate surface area is 296 Å². The third kappa shape index (κ3) is 13.1. The van der Waals surface area contributed by atoms with Gasteiger partial charge >= 0.3 is 17.1 Å². The molecule has 3 aromatic carbocycles. The van der Waals surface area contributed by atoms with Crippen molar-refractivity contribution in [3.63, 3.8) is 0 Å². The van der Waals surface area contributed by atoms with Gasteiger partial charge in [-0.05, 0) is 85.6 Å². The summed E-state index contributed by atoms with van der Waals surface area (Å²) in [4.78, 5) is 13.3. The minimum atomic E-state index is -4.27. The van der Waals surface area contributed by atoms with Crippen LogP contribution in [0.25, 0.3) is 33.9 Å². The standard InChI is InChI=1S/C21H15N3.2C7H8O3S.Cu.2H2O/c1-2-8-16(9-3-1)17-14-20(18-10-4-6-12-22-18)24-21(15-17)19-11-5-7-13-23-19;2*1-6-2-4-7(5-3-6)11(8,9)10;;;/h1-15H;2*2-5H,1H3,(H,8,9,10);;2*1H2/q;;;+2;;/p-1. The molecule has 0 amide bonds. The minimum Gasteiger partial charge on any atom is -0.744 e. The van der Waals surface area contributed by atoms with E-state index in [0.717, 1.165) is 45.0 Å². The molecule has 6 aromatic rings. The summed E-state index contributed by atoms with van der Waals surface area (Å²) >= 11 is 0. The first-order valence-electron chi connectivity index (χ1n) is 13.9. The van der Waals surface area contributed by atoms with Crippen molar-refractivity contribution in [2.75, 3.05) is 0 Å². The number of pyridine rings is 3. The van der Waals surface area contributed by atoms with Crippen LogP contribution >= 0.6 is 0 Å². The maximum absolute atomic E-state index is 10.4. The van der Waals surface area contributed by atoms with Crippen LogP contribution in [0.1, 0.15) is 11.1 Å². The number of hydrogen-bond acceptors (Lipinski definition) is 9. The summed E-state index contributed by atoms with van der Waals surface area (Å²) in [5, 5.41) is 0. The van der Waals surface area contributed by atoms with E-state index in [4.69, 9.17) is 4.98 Å². The molecule has 11 nitrogen and oxygen atoms in total. The molecular weight excluding hydrogens is 718 g/mol. The second-order valence-electron chi connectivity index (χ2n) is 9.96. The minimum absolute atomic E-state index is 0. The van der Waals surface area contributed by atoms with Gasteiger partial charge in [0.05, 0.1) is 32.6 Å². The topological polar surface area (TPSA) is 218 Å². The molecule has 14 heteroatoms. The fraction of sp³-hybridized carbons (Fsp3) is 0.0571. The maximum Gasteiger partial charge on any atom is 2.00 e. The molecule has 3 heterocycles. The van der Waals surface area contributed by atoms with E-state index in [1.807, 2.05) is 68.4 Å². The Balaban J connectivity index is 0.000000406. The second kappa shape index (κ2) is 19.4.